The van der Waals surface area contributed by atoms with Gasteiger partial charge in [-0.05, 0) is 66.4 Å². The van der Waals surface area contributed by atoms with E-state index < -0.39 is 20.5 Å². The van der Waals surface area contributed by atoms with Gasteiger partial charge in [-0.2, -0.15) is 0 Å². The maximum Gasteiger partial charge on any atom is 0.363 e. The summed E-state index contributed by atoms with van der Waals surface area (Å²) in [4.78, 5) is 0. The molecule has 11 heteroatoms. The molecule has 0 saturated carbocycles. The van der Waals surface area contributed by atoms with Crippen molar-refractivity contribution in [2.24, 2.45) is 0 Å². The van der Waals surface area contributed by atoms with Gasteiger partial charge >= 0.3 is 15.2 Å². The minimum Gasteiger partial charge on any atom is -0.304 e. The maximum atomic E-state index is 14.2. The molecule has 192 valence electrons. The van der Waals surface area contributed by atoms with Gasteiger partial charge in [-0.3, -0.25) is 13.7 Å². The van der Waals surface area contributed by atoms with Crippen LogP contribution in [0.15, 0.2) is 86.2 Å². The van der Waals surface area contributed by atoms with Crippen LogP contribution in [0.4, 0.5) is 0 Å². The van der Waals surface area contributed by atoms with Crippen LogP contribution in [-0.2, 0) is 47.0 Å². The van der Waals surface area contributed by atoms with Crippen molar-refractivity contribution >= 4 is 63.0 Å². The standard InChI is InChI=1S/C25H25Br3O6P2/c1-25(14-15-35(29,34-25)31-16-19-2-8-22(26)9-3-19)36(30,32-17-20-4-10-23(27)11-5-20)33-18-21-6-12-24(28)13-7-21/h2-13H,14-18H2,1H3. The number of hydrogen-bond donors (Lipinski definition) is 0. The second-order valence-electron chi connectivity index (χ2n) is 8.55. The van der Waals surface area contributed by atoms with Crippen LogP contribution in [0.25, 0.3) is 0 Å². The largest absolute Gasteiger partial charge is 0.363 e. The monoisotopic (exact) mass is 720 g/mol. The predicted octanol–water partition coefficient (Wildman–Crippen LogP) is 9.45. The highest BCUT2D eigenvalue weighted by Gasteiger charge is 2.58. The summed E-state index contributed by atoms with van der Waals surface area (Å²) in [5.41, 5.74) is 2.50. The average Bonchev–Trinajstić information content (AvgIpc) is 3.19. The third kappa shape index (κ3) is 7.28. The lowest BCUT2D eigenvalue weighted by atomic mass is 10.2. The first kappa shape index (κ1) is 28.4. The van der Waals surface area contributed by atoms with Gasteiger partial charge < -0.3 is 13.6 Å². The van der Waals surface area contributed by atoms with Crippen LogP contribution in [0, 0.1) is 0 Å². The van der Waals surface area contributed by atoms with Crippen LogP contribution in [0.1, 0.15) is 30.0 Å². The minimum absolute atomic E-state index is 0.0495. The van der Waals surface area contributed by atoms with Gasteiger partial charge in [0.15, 0.2) is 5.34 Å². The SMILES string of the molecule is CC1(P(=O)(OCc2ccc(Br)cc2)OCc2ccc(Br)cc2)CCP(=O)(OCc2ccc(Br)cc2)O1. The molecule has 1 aliphatic rings. The Kier molecular flexibility index (Phi) is 9.52. The lowest BCUT2D eigenvalue weighted by Gasteiger charge is -2.32. The molecule has 0 spiro atoms. The molecular formula is C25H25Br3O6P2. The zero-order valence-electron chi connectivity index (χ0n) is 19.4. The fourth-order valence-corrected chi connectivity index (χ4v) is 8.95. The smallest absolute Gasteiger partial charge is 0.304 e. The number of benzene rings is 3. The van der Waals surface area contributed by atoms with Crippen LogP contribution < -0.4 is 0 Å². The minimum atomic E-state index is -3.92. The zero-order chi connectivity index (χ0) is 25.8. The first-order valence-electron chi connectivity index (χ1n) is 11.2. The van der Waals surface area contributed by atoms with Crippen molar-refractivity contribution in [2.75, 3.05) is 6.16 Å². The molecule has 0 aromatic heterocycles. The Morgan fingerprint density at radius 1 is 0.778 bits per heavy atom. The topological polar surface area (TPSA) is 71.1 Å². The average molecular weight is 723 g/mol. The van der Waals surface area contributed by atoms with Crippen LogP contribution >= 0.6 is 63.0 Å². The lowest BCUT2D eigenvalue weighted by molar-refractivity contribution is 0.0888. The molecule has 3 aromatic rings. The summed E-state index contributed by atoms with van der Waals surface area (Å²) < 4.78 is 54.1. The molecule has 2 unspecified atom stereocenters. The fraction of sp³-hybridized carbons (Fsp3) is 0.280. The van der Waals surface area contributed by atoms with E-state index in [1.165, 1.54) is 0 Å². The molecule has 6 nitrogen and oxygen atoms in total. The summed E-state index contributed by atoms with van der Waals surface area (Å²) in [5, 5.41) is -1.42. The van der Waals surface area contributed by atoms with Gasteiger partial charge in [-0.1, -0.05) is 84.2 Å². The number of halogens is 3. The van der Waals surface area contributed by atoms with E-state index in [0.29, 0.717) is 0 Å². The molecule has 36 heavy (non-hydrogen) atoms. The lowest BCUT2D eigenvalue weighted by Crippen LogP contribution is -2.25. The number of rotatable bonds is 10. The molecule has 0 amide bonds. The van der Waals surface area contributed by atoms with Crippen molar-refractivity contribution in [1.82, 2.24) is 0 Å². The quantitative estimate of drug-likeness (QED) is 0.194. The molecule has 1 heterocycles. The third-order valence-corrected chi connectivity index (χ3v) is 11.9. The Bertz CT molecular complexity index is 1210. The highest BCUT2D eigenvalue weighted by molar-refractivity contribution is 9.11. The van der Waals surface area contributed by atoms with Gasteiger partial charge in [-0.15, -0.1) is 0 Å². The van der Waals surface area contributed by atoms with E-state index in [1.807, 2.05) is 72.8 Å². The molecule has 4 rings (SSSR count). The summed E-state index contributed by atoms with van der Waals surface area (Å²) in [7, 11) is -7.45. The summed E-state index contributed by atoms with van der Waals surface area (Å²) in [6.45, 7) is 1.84. The Morgan fingerprint density at radius 3 is 1.58 bits per heavy atom. The predicted molar refractivity (Wildman–Crippen MR) is 151 cm³/mol. The van der Waals surface area contributed by atoms with Gasteiger partial charge in [0.25, 0.3) is 0 Å². The van der Waals surface area contributed by atoms with Gasteiger partial charge in [0, 0.05) is 13.4 Å². The Labute approximate surface area is 236 Å². The van der Waals surface area contributed by atoms with Crippen molar-refractivity contribution in [2.45, 2.75) is 38.5 Å². The third-order valence-electron chi connectivity index (χ3n) is 5.73. The van der Waals surface area contributed by atoms with Crippen LogP contribution in [0.5, 0.6) is 0 Å². The highest BCUT2D eigenvalue weighted by atomic mass is 79.9. The molecule has 1 saturated heterocycles. The van der Waals surface area contributed by atoms with Crippen molar-refractivity contribution in [3.63, 3.8) is 0 Å². The van der Waals surface area contributed by atoms with Crippen molar-refractivity contribution < 1.29 is 27.2 Å². The zero-order valence-corrected chi connectivity index (χ0v) is 26.0. The van der Waals surface area contributed by atoms with E-state index in [1.54, 1.807) is 6.92 Å². The molecule has 3 aromatic carbocycles. The highest BCUT2D eigenvalue weighted by Crippen LogP contribution is 2.73. The first-order chi connectivity index (χ1) is 17.1. The summed E-state index contributed by atoms with van der Waals surface area (Å²) in [6.07, 6.45) is 0.329. The molecule has 2 atom stereocenters. The molecule has 1 aliphatic heterocycles. The summed E-state index contributed by atoms with van der Waals surface area (Å²) in [6, 6.07) is 22.5. The second-order valence-corrected chi connectivity index (χ2v) is 15.9. The Morgan fingerprint density at radius 2 is 1.17 bits per heavy atom. The van der Waals surface area contributed by atoms with Crippen LogP contribution in [0.3, 0.4) is 0 Å². The molecular weight excluding hydrogens is 698 g/mol. The van der Waals surface area contributed by atoms with E-state index >= 15 is 0 Å². The van der Waals surface area contributed by atoms with Crippen LogP contribution in [0.2, 0.25) is 0 Å². The van der Waals surface area contributed by atoms with Gasteiger partial charge in [0.1, 0.15) is 0 Å². The summed E-state index contributed by atoms with van der Waals surface area (Å²) in [5.74, 6) is 0. The molecule has 0 N–H and O–H groups in total. The molecule has 0 aliphatic carbocycles. The normalized spacial score (nSPS) is 22.1. The maximum absolute atomic E-state index is 14.2. The van der Waals surface area contributed by atoms with E-state index in [9.17, 15) is 9.13 Å². The van der Waals surface area contributed by atoms with E-state index in [-0.39, 0.29) is 32.4 Å². The van der Waals surface area contributed by atoms with Gasteiger partial charge in [0.2, 0.25) is 0 Å². The Balaban J connectivity index is 1.50. The van der Waals surface area contributed by atoms with Gasteiger partial charge in [0.05, 0.1) is 26.0 Å². The van der Waals surface area contributed by atoms with Gasteiger partial charge in [-0.25, -0.2) is 0 Å². The molecule has 1 fully saturated rings. The molecule has 0 bridgehead atoms. The molecule has 0 radical (unpaired) electrons. The summed E-state index contributed by atoms with van der Waals surface area (Å²) >= 11 is 10.2. The first-order valence-corrected chi connectivity index (χ1v) is 16.8. The van der Waals surface area contributed by atoms with E-state index in [0.717, 1.165) is 30.1 Å². The van der Waals surface area contributed by atoms with E-state index in [2.05, 4.69) is 47.8 Å². The number of hydrogen-bond acceptors (Lipinski definition) is 6. The van der Waals surface area contributed by atoms with Crippen molar-refractivity contribution in [3.05, 3.63) is 103 Å². The van der Waals surface area contributed by atoms with Crippen molar-refractivity contribution in [1.29, 1.82) is 0 Å². The fourth-order valence-electron chi connectivity index (χ4n) is 3.56. The van der Waals surface area contributed by atoms with Crippen LogP contribution in [-0.4, -0.2) is 11.5 Å². The second kappa shape index (κ2) is 12.1. The van der Waals surface area contributed by atoms with Crippen molar-refractivity contribution in [3.8, 4) is 0 Å². The van der Waals surface area contributed by atoms with E-state index in [4.69, 9.17) is 18.1 Å². The Hall–Kier alpha value is -0.600.